The van der Waals surface area contributed by atoms with Crippen molar-refractivity contribution in [3.8, 4) is 11.4 Å². The van der Waals surface area contributed by atoms with Crippen LogP contribution in [-0.2, 0) is 16.6 Å². The molecule has 4 rings (SSSR count). The minimum Gasteiger partial charge on any atom is -0.480 e. The fourth-order valence-corrected chi connectivity index (χ4v) is 5.33. The van der Waals surface area contributed by atoms with Crippen LogP contribution in [0.15, 0.2) is 60.9 Å². The van der Waals surface area contributed by atoms with Gasteiger partial charge in [0, 0.05) is 18.7 Å². The molecule has 1 fully saturated rings. The molecule has 214 valence electrons. The largest absolute Gasteiger partial charge is 0.480 e. The molecule has 7 nitrogen and oxygen atoms in total. The summed E-state index contributed by atoms with van der Waals surface area (Å²) in [5.74, 6) is 0.364. The molecule has 0 bridgehead atoms. The number of nitrogens with zero attached hydrogens (tertiary/aromatic N) is 3. The number of aliphatic hydroxyl groups excluding tert-OH is 1. The van der Waals surface area contributed by atoms with Crippen molar-refractivity contribution in [1.29, 1.82) is 0 Å². The van der Waals surface area contributed by atoms with Gasteiger partial charge in [-0.1, -0.05) is 90.1 Å². The number of benzene rings is 2. The lowest BCUT2D eigenvalue weighted by atomic mass is 9.75. The van der Waals surface area contributed by atoms with Crippen molar-refractivity contribution in [3.63, 3.8) is 0 Å². The Balaban J connectivity index is 1.36. The van der Waals surface area contributed by atoms with Crippen LogP contribution in [0.5, 0.6) is 0 Å². The van der Waals surface area contributed by atoms with Gasteiger partial charge in [-0.15, -0.1) is 0 Å². The first-order valence-corrected chi connectivity index (χ1v) is 14.2. The molecule has 1 saturated heterocycles. The third-order valence-electron chi connectivity index (χ3n) is 8.12. The van der Waals surface area contributed by atoms with E-state index in [1.54, 1.807) is 0 Å². The number of carboxylic acid groups (broad SMARTS) is 1. The second kappa shape index (κ2) is 12.1. The van der Waals surface area contributed by atoms with Crippen molar-refractivity contribution < 1.29 is 15.0 Å². The lowest BCUT2D eigenvalue weighted by Crippen LogP contribution is -2.40. The summed E-state index contributed by atoms with van der Waals surface area (Å²) < 4.78 is 0. The van der Waals surface area contributed by atoms with Gasteiger partial charge < -0.3 is 15.1 Å². The van der Waals surface area contributed by atoms with E-state index in [0.717, 1.165) is 41.4 Å². The van der Waals surface area contributed by atoms with E-state index in [2.05, 4.69) is 61.7 Å². The van der Waals surface area contributed by atoms with Gasteiger partial charge in [0.2, 0.25) is 0 Å². The Morgan fingerprint density at radius 1 is 0.950 bits per heavy atom. The third kappa shape index (κ3) is 7.46. The Bertz CT molecular complexity index is 1250. The number of aliphatic carboxylic acids is 1. The summed E-state index contributed by atoms with van der Waals surface area (Å²) in [7, 11) is 0. The minimum absolute atomic E-state index is 0.00313. The molecule has 2 heterocycles. The van der Waals surface area contributed by atoms with Crippen molar-refractivity contribution in [1.82, 2.24) is 15.3 Å². The monoisotopic (exact) mass is 544 g/mol. The number of piperidine rings is 1. The van der Waals surface area contributed by atoms with Gasteiger partial charge in [0.15, 0.2) is 5.82 Å². The Labute approximate surface area is 238 Å². The van der Waals surface area contributed by atoms with Crippen molar-refractivity contribution in [2.45, 2.75) is 78.5 Å². The van der Waals surface area contributed by atoms with Gasteiger partial charge in [-0.25, -0.2) is 9.97 Å². The number of aromatic nitrogens is 2. The summed E-state index contributed by atoms with van der Waals surface area (Å²) in [6, 6.07) is 14.3. The van der Waals surface area contributed by atoms with E-state index in [0.29, 0.717) is 16.8 Å². The molecule has 0 spiro atoms. The van der Waals surface area contributed by atoms with E-state index in [9.17, 15) is 15.0 Å². The normalized spacial score (nSPS) is 16.5. The first-order chi connectivity index (χ1) is 18.8. The second-order valence-electron chi connectivity index (χ2n) is 13.1. The molecular weight excluding hydrogens is 500 g/mol. The molecule has 0 aliphatic carbocycles. The maximum Gasteiger partial charge on any atom is 0.321 e. The molecule has 1 unspecified atom stereocenters. The SMILES string of the molecule is CC(C)(C)c1ccc(C(O)N[C@@H](Cc2ccc(-c3ncc(N4CCC(C(C)(C)C)CC4)cn3)cc2)C(=O)O)cc1. The molecule has 1 aliphatic rings. The van der Waals surface area contributed by atoms with Gasteiger partial charge in [-0.3, -0.25) is 10.1 Å². The molecule has 0 saturated carbocycles. The molecule has 7 heteroatoms. The summed E-state index contributed by atoms with van der Waals surface area (Å²) in [4.78, 5) is 23.6. The second-order valence-corrected chi connectivity index (χ2v) is 13.1. The van der Waals surface area contributed by atoms with Crippen molar-refractivity contribution >= 4 is 11.7 Å². The standard InChI is InChI=1S/C33H44N4O3/c1-32(2,3)25-13-11-24(12-14-25)30(38)36-28(31(39)40)19-22-7-9-23(10-8-22)29-34-20-27(21-35-29)37-17-15-26(16-18-37)33(4,5)6/h7-14,20-21,26,28,30,36,38H,15-19H2,1-6H3,(H,39,40)/t28-,30?/m0/s1. The summed E-state index contributed by atoms with van der Waals surface area (Å²) in [5.41, 5.74) is 4.90. The number of hydrogen-bond donors (Lipinski definition) is 3. The fraction of sp³-hybridized carbons (Fsp3) is 0.485. The molecular formula is C33H44N4O3. The lowest BCUT2D eigenvalue weighted by Gasteiger charge is -2.39. The smallest absolute Gasteiger partial charge is 0.321 e. The predicted molar refractivity (Wildman–Crippen MR) is 160 cm³/mol. The highest BCUT2D eigenvalue weighted by Crippen LogP contribution is 2.35. The molecule has 0 radical (unpaired) electrons. The highest BCUT2D eigenvalue weighted by molar-refractivity contribution is 5.74. The van der Waals surface area contributed by atoms with Gasteiger partial charge in [-0.2, -0.15) is 0 Å². The molecule has 3 aromatic rings. The van der Waals surface area contributed by atoms with Gasteiger partial charge in [0.1, 0.15) is 12.3 Å². The fourth-order valence-electron chi connectivity index (χ4n) is 5.33. The Hall–Kier alpha value is -3.29. The van der Waals surface area contributed by atoms with Crippen LogP contribution in [0.2, 0.25) is 0 Å². The van der Waals surface area contributed by atoms with E-state index >= 15 is 0 Å². The Morgan fingerprint density at radius 2 is 1.52 bits per heavy atom. The highest BCUT2D eigenvalue weighted by Gasteiger charge is 2.29. The maximum absolute atomic E-state index is 12.0. The molecule has 1 aliphatic heterocycles. The molecule has 0 amide bonds. The zero-order valence-corrected chi connectivity index (χ0v) is 24.7. The van der Waals surface area contributed by atoms with Crippen LogP contribution in [0, 0.1) is 11.3 Å². The van der Waals surface area contributed by atoms with Crippen molar-refractivity contribution in [2.75, 3.05) is 18.0 Å². The number of rotatable bonds is 8. The van der Waals surface area contributed by atoms with Crippen LogP contribution in [0.4, 0.5) is 5.69 Å². The van der Waals surface area contributed by atoms with Crippen molar-refractivity contribution in [3.05, 3.63) is 77.6 Å². The van der Waals surface area contributed by atoms with Gasteiger partial charge in [0.25, 0.3) is 0 Å². The van der Waals surface area contributed by atoms with Crippen LogP contribution in [-0.4, -0.2) is 45.3 Å². The number of nitrogens with one attached hydrogen (secondary N) is 1. The lowest BCUT2D eigenvalue weighted by molar-refractivity contribution is -0.140. The number of anilines is 1. The average molecular weight is 545 g/mol. The van der Waals surface area contributed by atoms with Crippen LogP contribution < -0.4 is 10.2 Å². The van der Waals surface area contributed by atoms with E-state index in [1.807, 2.05) is 60.9 Å². The molecule has 1 aromatic heterocycles. The average Bonchev–Trinajstić information content (AvgIpc) is 2.92. The predicted octanol–water partition coefficient (Wildman–Crippen LogP) is 5.98. The quantitative estimate of drug-likeness (QED) is 0.300. The molecule has 2 aromatic carbocycles. The topological polar surface area (TPSA) is 98.6 Å². The Morgan fingerprint density at radius 3 is 2.02 bits per heavy atom. The number of carbonyl (C=O) groups is 1. The van der Waals surface area contributed by atoms with Gasteiger partial charge in [-0.05, 0) is 52.7 Å². The summed E-state index contributed by atoms with van der Waals surface area (Å²) in [6.07, 6.45) is 5.30. The third-order valence-corrected chi connectivity index (χ3v) is 8.12. The van der Waals surface area contributed by atoms with Crippen LogP contribution in [0.25, 0.3) is 11.4 Å². The zero-order valence-electron chi connectivity index (χ0n) is 24.7. The van der Waals surface area contributed by atoms with E-state index in [4.69, 9.17) is 0 Å². The zero-order chi connectivity index (χ0) is 29.1. The highest BCUT2D eigenvalue weighted by atomic mass is 16.4. The Kier molecular flexibility index (Phi) is 8.96. The van der Waals surface area contributed by atoms with E-state index in [1.165, 1.54) is 12.8 Å². The first-order valence-electron chi connectivity index (χ1n) is 14.2. The maximum atomic E-state index is 12.0. The summed E-state index contributed by atoms with van der Waals surface area (Å²) in [6.45, 7) is 15.4. The molecule has 2 atom stereocenters. The number of carboxylic acids is 1. The van der Waals surface area contributed by atoms with Crippen molar-refractivity contribution in [2.24, 2.45) is 11.3 Å². The minimum atomic E-state index is -1.08. The van der Waals surface area contributed by atoms with Gasteiger partial charge in [0.05, 0.1) is 18.1 Å². The van der Waals surface area contributed by atoms with Crippen LogP contribution in [0.1, 0.15) is 77.3 Å². The van der Waals surface area contributed by atoms with Gasteiger partial charge >= 0.3 is 5.97 Å². The van der Waals surface area contributed by atoms with E-state index < -0.39 is 18.2 Å². The first kappa shape index (κ1) is 29.7. The summed E-state index contributed by atoms with van der Waals surface area (Å²) in [5, 5.41) is 23.3. The molecule has 3 N–H and O–H groups in total. The van der Waals surface area contributed by atoms with E-state index in [-0.39, 0.29) is 11.8 Å². The number of hydrogen-bond acceptors (Lipinski definition) is 6. The summed E-state index contributed by atoms with van der Waals surface area (Å²) >= 11 is 0. The van der Waals surface area contributed by atoms with Crippen LogP contribution in [0.3, 0.4) is 0 Å². The number of aliphatic hydroxyl groups is 1. The molecule has 40 heavy (non-hydrogen) atoms. The van der Waals surface area contributed by atoms with Crippen LogP contribution >= 0.6 is 0 Å².